The van der Waals surface area contributed by atoms with Crippen molar-refractivity contribution >= 4 is 22.7 Å². The highest BCUT2D eigenvalue weighted by molar-refractivity contribution is 5.92. The minimum absolute atomic E-state index is 0.105. The lowest BCUT2D eigenvalue weighted by Crippen LogP contribution is -2.39. The zero-order valence-electron chi connectivity index (χ0n) is 11.6. The molecule has 5 rings (SSSR count). The van der Waals surface area contributed by atoms with Gasteiger partial charge in [-0.2, -0.15) is 0 Å². The van der Waals surface area contributed by atoms with Crippen molar-refractivity contribution in [2.24, 2.45) is 7.05 Å². The van der Waals surface area contributed by atoms with Gasteiger partial charge in [-0.3, -0.25) is 4.79 Å². The lowest BCUT2D eigenvalue weighted by molar-refractivity contribution is -0.136. The van der Waals surface area contributed by atoms with Crippen molar-refractivity contribution in [2.45, 2.75) is 25.2 Å². The van der Waals surface area contributed by atoms with Gasteiger partial charge in [0.1, 0.15) is 5.82 Å². The van der Waals surface area contributed by atoms with Gasteiger partial charge in [-0.1, -0.05) is 6.07 Å². The number of aliphatic carboxylic acids is 1. The molecular formula is C16H18N2O2. The zero-order valence-corrected chi connectivity index (χ0v) is 11.6. The molecule has 4 heterocycles. The quantitative estimate of drug-likeness (QED) is 0.912. The van der Waals surface area contributed by atoms with E-state index in [0.29, 0.717) is 5.92 Å². The fraction of sp³-hybridized carbons (Fsp3) is 0.438. The molecule has 1 aromatic heterocycles. The van der Waals surface area contributed by atoms with Crippen LogP contribution in [0.15, 0.2) is 18.2 Å². The maximum Gasteiger partial charge on any atom is 0.307 e. The van der Waals surface area contributed by atoms with Crippen LogP contribution in [0.1, 0.15) is 29.9 Å². The van der Waals surface area contributed by atoms with E-state index in [9.17, 15) is 4.79 Å². The van der Waals surface area contributed by atoms with Crippen molar-refractivity contribution in [1.29, 1.82) is 0 Å². The number of hydrogen-bond donors (Lipinski definition) is 1. The minimum Gasteiger partial charge on any atom is -0.481 e. The summed E-state index contributed by atoms with van der Waals surface area (Å²) >= 11 is 0. The fourth-order valence-electron chi connectivity index (χ4n) is 3.96. The number of hydrogen-bond acceptors (Lipinski definition) is 2. The van der Waals surface area contributed by atoms with E-state index in [1.807, 2.05) is 6.07 Å². The third-order valence-electron chi connectivity index (χ3n) is 4.83. The maximum atomic E-state index is 10.9. The van der Waals surface area contributed by atoms with Gasteiger partial charge in [0.2, 0.25) is 0 Å². The van der Waals surface area contributed by atoms with Crippen molar-refractivity contribution in [3.8, 4) is 0 Å². The number of nitrogens with zero attached hydrogens (tertiary/aromatic N) is 2. The molecule has 0 saturated carbocycles. The predicted molar refractivity (Wildman–Crippen MR) is 78.4 cm³/mol. The second-order valence-corrected chi connectivity index (χ2v) is 5.98. The molecule has 2 bridgehead atoms. The molecule has 3 aliphatic heterocycles. The van der Waals surface area contributed by atoms with Crippen LogP contribution in [-0.2, 0) is 18.3 Å². The van der Waals surface area contributed by atoms with E-state index in [1.165, 1.54) is 35.1 Å². The number of aryl methyl sites for hydroxylation is 1. The van der Waals surface area contributed by atoms with Crippen LogP contribution >= 0.6 is 0 Å². The van der Waals surface area contributed by atoms with Crippen LogP contribution in [0.2, 0.25) is 0 Å². The Hall–Kier alpha value is -1.97. The second-order valence-electron chi connectivity index (χ2n) is 5.98. The summed E-state index contributed by atoms with van der Waals surface area (Å²) in [5, 5.41) is 10.2. The molecule has 1 fully saturated rings. The standard InChI is InChI=1S/C16H18N2O2/c1-17-13-3-2-10(9-14(19)20)8-12(13)15-11-4-6-18(7-5-11)16(15)17/h2-3,8,11H,4-7,9H2,1H3,(H,19,20). The summed E-state index contributed by atoms with van der Waals surface area (Å²) in [6, 6.07) is 6.11. The van der Waals surface area contributed by atoms with Crippen molar-refractivity contribution < 1.29 is 9.90 Å². The van der Waals surface area contributed by atoms with Crippen molar-refractivity contribution in [1.82, 2.24) is 4.57 Å². The molecule has 0 spiro atoms. The summed E-state index contributed by atoms with van der Waals surface area (Å²) < 4.78 is 2.28. The number of carboxylic acids is 1. The number of carboxylic acid groups (broad SMARTS) is 1. The normalized spacial score (nSPS) is 17.8. The largest absolute Gasteiger partial charge is 0.481 e. The lowest BCUT2D eigenvalue weighted by Gasteiger charge is -2.41. The second kappa shape index (κ2) is 4.01. The van der Waals surface area contributed by atoms with E-state index in [4.69, 9.17) is 5.11 Å². The summed E-state index contributed by atoms with van der Waals surface area (Å²) in [6.45, 7) is 2.31. The number of anilines is 1. The van der Waals surface area contributed by atoms with Gasteiger partial charge in [-0.05, 0) is 36.5 Å². The molecule has 0 atom stereocenters. The molecule has 4 nitrogen and oxygen atoms in total. The summed E-state index contributed by atoms with van der Waals surface area (Å²) in [5.74, 6) is 1.24. The number of fused-ring (bicyclic) bond motifs is 3. The van der Waals surface area contributed by atoms with Gasteiger partial charge in [-0.15, -0.1) is 0 Å². The zero-order chi connectivity index (χ0) is 13.9. The maximum absolute atomic E-state index is 10.9. The van der Waals surface area contributed by atoms with Gasteiger partial charge < -0.3 is 14.6 Å². The Labute approximate surface area is 117 Å². The van der Waals surface area contributed by atoms with Crippen LogP contribution < -0.4 is 4.90 Å². The van der Waals surface area contributed by atoms with Crippen molar-refractivity contribution in [3.63, 3.8) is 0 Å². The Morgan fingerprint density at radius 2 is 2.10 bits per heavy atom. The average molecular weight is 270 g/mol. The Morgan fingerprint density at radius 3 is 2.80 bits per heavy atom. The smallest absolute Gasteiger partial charge is 0.307 e. The molecule has 0 radical (unpaired) electrons. The monoisotopic (exact) mass is 270 g/mol. The van der Waals surface area contributed by atoms with E-state index in [1.54, 1.807) is 0 Å². The van der Waals surface area contributed by atoms with E-state index in [0.717, 1.165) is 18.7 Å². The molecule has 1 N–H and O–H groups in total. The Morgan fingerprint density at radius 1 is 1.35 bits per heavy atom. The van der Waals surface area contributed by atoms with E-state index >= 15 is 0 Å². The first-order valence-electron chi connectivity index (χ1n) is 7.23. The molecule has 1 aromatic carbocycles. The highest BCUT2D eigenvalue weighted by Crippen LogP contribution is 2.47. The van der Waals surface area contributed by atoms with E-state index in [-0.39, 0.29) is 6.42 Å². The third-order valence-corrected chi connectivity index (χ3v) is 4.83. The summed E-state index contributed by atoms with van der Waals surface area (Å²) in [7, 11) is 2.12. The van der Waals surface area contributed by atoms with E-state index in [2.05, 4.69) is 28.6 Å². The number of aromatic nitrogens is 1. The fourth-order valence-corrected chi connectivity index (χ4v) is 3.96. The van der Waals surface area contributed by atoms with Crippen LogP contribution in [0.4, 0.5) is 5.82 Å². The highest BCUT2D eigenvalue weighted by Gasteiger charge is 2.35. The molecule has 0 unspecified atom stereocenters. The molecule has 4 heteroatoms. The molecule has 0 aliphatic carbocycles. The minimum atomic E-state index is -0.764. The van der Waals surface area contributed by atoms with Crippen LogP contribution in [0.25, 0.3) is 10.9 Å². The van der Waals surface area contributed by atoms with Crippen LogP contribution in [0.3, 0.4) is 0 Å². The van der Waals surface area contributed by atoms with Crippen LogP contribution in [-0.4, -0.2) is 28.7 Å². The molecule has 1 saturated heterocycles. The van der Waals surface area contributed by atoms with Gasteiger partial charge in [0.15, 0.2) is 0 Å². The molecular weight excluding hydrogens is 252 g/mol. The van der Waals surface area contributed by atoms with Crippen molar-refractivity contribution in [3.05, 3.63) is 29.3 Å². The first-order chi connectivity index (χ1) is 9.65. The predicted octanol–water partition coefficient (Wildman–Crippen LogP) is 2.50. The van der Waals surface area contributed by atoms with Crippen molar-refractivity contribution in [2.75, 3.05) is 18.0 Å². The number of piperidine rings is 1. The SMILES string of the molecule is Cn1c2c(c3cc(CC(=O)O)ccc31)C1CCN2CC1. The summed E-state index contributed by atoms with van der Waals surface area (Å²) in [4.78, 5) is 13.4. The summed E-state index contributed by atoms with van der Waals surface area (Å²) in [6.07, 6.45) is 2.57. The van der Waals surface area contributed by atoms with Gasteiger partial charge >= 0.3 is 5.97 Å². The molecule has 104 valence electrons. The lowest BCUT2D eigenvalue weighted by atomic mass is 9.84. The third kappa shape index (κ3) is 1.51. The molecule has 0 amide bonds. The first kappa shape index (κ1) is 11.8. The van der Waals surface area contributed by atoms with Gasteiger partial charge in [-0.25, -0.2) is 0 Å². The topological polar surface area (TPSA) is 45.5 Å². The Kier molecular flexibility index (Phi) is 2.37. The number of benzene rings is 1. The van der Waals surface area contributed by atoms with Gasteiger partial charge in [0.05, 0.1) is 6.42 Å². The summed E-state index contributed by atoms with van der Waals surface area (Å²) in [5.41, 5.74) is 3.57. The van der Waals surface area contributed by atoms with Gasteiger partial charge in [0.25, 0.3) is 0 Å². The Bertz CT molecular complexity index is 709. The first-order valence-corrected chi connectivity index (χ1v) is 7.23. The number of rotatable bonds is 2. The molecule has 20 heavy (non-hydrogen) atoms. The highest BCUT2D eigenvalue weighted by atomic mass is 16.4. The van der Waals surface area contributed by atoms with Crippen LogP contribution in [0, 0.1) is 0 Å². The van der Waals surface area contributed by atoms with Crippen LogP contribution in [0.5, 0.6) is 0 Å². The van der Waals surface area contributed by atoms with E-state index < -0.39 is 5.97 Å². The average Bonchev–Trinajstić information content (AvgIpc) is 2.75. The molecule has 2 aromatic rings. The van der Waals surface area contributed by atoms with Gasteiger partial charge in [0, 0.05) is 36.6 Å². The number of carbonyl (C=O) groups is 1. The molecule has 3 aliphatic rings. The Balaban J connectivity index is 1.95.